The van der Waals surface area contributed by atoms with E-state index in [1.807, 2.05) is 0 Å². The maximum Gasteiger partial charge on any atom is -0.0352 e. The van der Waals surface area contributed by atoms with E-state index in [0.717, 1.165) is 23.7 Å². The monoisotopic (exact) mass is 166 g/mol. The molecule has 0 N–H and O–H groups in total. The zero-order valence-electron chi connectivity index (χ0n) is 8.55. The Morgan fingerprint density at radius 1 is 1.00 bits per heavy atom. The van der Waals surface area contributed by atoms with Crippen LogP contribution in [-0.2, 0) is 0 Å². The molecule has 0 bridgehead atoms. The molecule has 0 aromatic carbocycles. The van der Waals surface area contributed by atoms with Gasteiger partial charge in [-0.3, -0.25) is 0 Å². The van der Waals surface area contributed by atoms with Crippen molar-refractivity contribution in [3.05, 3.63) is 0 Å². The molecular formula is C12H22. The fraction of sp³-hybridized carbons (Fsp3) is 1.00. The Morgan fingerprint density at radius 3 is 2.17 bits per heavy atom. The van der Waals surface area contributed by atoms with Gasteiger partial charge in [-0.25, -0.2) is 0 Å². The van der Waals surface area contributed by atoms with Crippen LogP contribution in [0.1, 0.15) is 52.4 Å². The van der Waals surface area contributed by atoms with Gasteiger partial charge in [0.1, 0.15) is 0 Å². The zero-order valence-corrected chi connectivity index (χ0v) is 8.55. The van der Waals surface area contributed by atoms with Crippen molar-refractivity contribution in [1.82, 2.24) is 0 Å². The van der Waals surface area contributed by atoms with Crippen molar-refractivity contribution in [2.75, 3.05) is 0 Å². The van der Waals surface area contributed by atoms with Gasteiger partial charge in [0, 0.05) is 0 Å². The summed E-state index contributed by atoms with van der Waals surface area (Å²) < 4.78 is 0. The minimum absolute atomic E-state index is 0.955. The summed E-state index contributed by atoms with van der Waals surface area (Å²) in [5.74, 6) is 4.33. The highest BCUT2D eigenvalue weighted by molar-refractivity contribution is 4.93. The van der Waals surface area contributed by atoms with Gasteiger partial charge in [-0.1, -0.05) is 46.0 Å². The molecule has 2 saturated carbocycles. The average Bonchev–Trinajstić information content (AvgIpc) is 2.84. The molecule has 2 fully saturated rings. The molecule has 0 heterocycles. The standard InChI is InChI=1S/C12H22/c1-9(2)11-8-12(11)10-6-4-3-5-7-10/h9-12H,3-8H2,1-2H3/t11-,12?/m1/s1. The summed E-state index contributed by atoms with van der Waals surface area (Å²) in [7, 11) is 0. The maximum atomic E-state index is 2.40. The van der Waals surface area contributed by atoms with Gasteiger partial charge in [-0.2, -0.15) is 0 Å². The molecule has 0 nitrogen and oxygen atoms in total. The summed E-state index contributed by atoms with van der Waals surface area (Å²) in [6, 6.07) is 0. The highest BCUT2D eigenvalue weighted by Gasteiger charge is 2.43. The Hall–Kier alpha value is 0. The molecule has 0 aliphatic heterocycles. The molecule has 0 aromatic rings. The minimum atomic E-state index is 0.955. The predicted octanol–water partition coefficient (Wildman–Crippen LogP) is 3.86. The average molecular weight is 166 g/mol. The molecule has 0 spiro atoms. The maximum absolute atomic E-state index is 2.40. The first-order valence-corrected chi connectivity index (χ1v) is 5.79. The van der Waals surface area contributed by atoms with Crippen LogP contribution in [0.4, 0.5) is 0 Å². The van der Waals surface area contributed by atoms with Gasteiger partial charge in [0.2, 0.25) is 0 Å². The zero-order chi connectivity index (χ0) is 8.55. The van der Waals surface area contributed by atoms with E-state index in [1.54, 1.807) is 19.3 Å². The van der Waals surface area contributed by atoms with Crippen LogP contribution in [-0.4, -0.2) is 0 Å². The molecule has 0 amide bonds. The van der Waals surface area contributed by atoms with Crippen LogP contribution < -0.4 is 0 Å². The molecule has 2 aliphatic rings. The molecule has 0 saturated heterocycles. The molecule has 0 radical (unpaired) electrons. The Balaban J connectivity index is 1.79. The van der Waals surface area contributed by atoms with Crippen molar-refractivity contribution in [3.63, 3.8) is 0 Å². The topological polar surface area (TPSA) is 0 Å². The van der Waals surface area contributed by atoms with E-state index >= 15 is 0 Å². The summed E-state index contributed by atoms with van der Waals surface area (Å²) in [5.41, 5.74) is 0. The summed E-state index contributed by atoms with van der Waals surface area (Å²) in [5, 5.41) is 0. The Labute approximate surface area is 76.7 Å². The smallest absolute Gasteiger partial charge is 0.0352 e. The van der Waals surface area contributed by atoms with Gasteiger partial charge in [-0.15, -0.1) is 0 Å². The first-order chi connectivity index (χ1) is 5.79. The van der Waals surface area contributed by atoms with E-state index in [0.29, 0.717) is 0 Å². The van der Waals surface area contributed by atoms with Gasteiger partial charge in [0.25, 0.3) is 0 Å². The summed E-state index contributed by atoms with van der Waals surface area (Å²) in [4.78, 5) is 0. The van der Waals surface area contributed by atoms with E-state index in [2.05, 4.69) is 13.8 Å². The van der Waals surface area contributed by atoms with Crippen molar-refractivity contribution >= 4 is 0 Å². The molecule has 2 atom stereocenters. The fourth-order valence-corrected chi connectivity index (χ4v) is 3.11. The summed E-state index contributed by atoms with van der Waals surface area (Å²) in [6.07, 6.45) is 9.21. The normalized spacial score (nSPS) is 37.2. The Bertz CT molecular complexity index is 142. The lowest BCUT2D eigenvalue weighted by molar-refractivity contribution is 0.297. The quantitative estimate of drug-likeness (QED) is 0.584. The third-order valence-electron chi connectivity index (χ3n) is 4.00. The first kappa shape index (κ1) is 8.59. The molecule has 0 heteroatoms. The van der Waals surface area contributed by atoms with Crippen molar-refractivity contribution in [2.24, 2.45) is 23.7 Å². The number of hydrogen-bond donors (Lipinski definition) is 0. The van der Waals surface area contributed by atoms with Crippen molar-refractivity contribution in [1.29, 1.82) is 0 Å². The lowest BCUT2D eigenvalue weighted by Crippen LogP contribution is -2.10. The van der Waals surface area contributed by atoms with Crippen molar-refractivity contribution in [3.8, 4) is 0 Å². The van der Waals surface area contributed by atoms with Crippen molar-refractivity contribution < 1.29 is 0 Å². The van der Waals surface area contributed by atoms with E-state index in [1.165, 1.54) is 19.3 Å². The van der Waals surface area contributed by atoms with Crippen LogP contribution in [0, 0.1) is 23.7 Å². The lowest BCUT2D eigenvalue weighted by Gasteiger charge is -2.22. The number of hydrogen-bond acceptors (Lipinski definition) is 0. The van der Waals surface area contributed by atoms with Crippen LogP contribution in [0.25, 0.3) is 0 Å². The van der Waals surface area contributed by atoms with Crippen LogP contribution >= 0.6 is 0 Å². The Kier molecular flexibility index (Phi) is 2.43. The second-order valence-electron chi connectivity index (χ2n) is 5.21. The molecule has 2 rings (SSSR count). The first-order valence-electron chi connectivity index (χ1n) is 5.79. The molecule has 12 heavy (non-hydrogen) atoms. The Morgan fingerprint density at radius 2 is 1.67 bits per heavy atom. The van der Waals surface area contributed by atoms with Gasteiger partial charge in [0.05, 0.1) is 0 Å². The molecular weight excluding hydrogens is 144 g/mol. The molecule has 1 unspecified atom stereocenters. The van der Waals surface area contributed by atoms with Crippen LogP contribution in [0.2, 0.25) is 0 Å². The van der Waals surface area contributed by atoms with Gasteiger partial charge >= 0.3 is 0 Å². The largest absolute Gasteiger partial charge is 0.0625 e. The summed E-state index contributed by atoms with van der Waals surface area (Å²) >= 11 is 0. The highest BCUT2D eigenvalue weighted by Crippen LogP contribution is 2.52. The summed E-state index contributed by atoms with van der Waals surface area (Å²) in [6.45, 7) is 4.79. The van der Waals surface area contributed by atoms with E-state index in [9.17, 15) is 0 Å². The second kappa shape index (κ2) is 3.40. The van der Waals surface area contributed by atoms with Crippen LogP contribution in [0.5, 0.6) is 0 Å². The second-order valence-corrected chi connectivity index (χ2v) is 5.21. The van der Waals surface area contributed by atoms with Gasteiger partial charge in [0.15, 0.2) is 0 Å². The van der Waals surface area contributed by atoms with Crippen molar-refractivity contribution in [2.45, 2.75) is 52.4 Å². The van der Waals surface area contributed by atoms with Crippen LogP contribution in [0.15, 0.2) is 0 Å². The predicted molar refractivity (Wildman–Crippen MR) is 53.0 cm³/mol. The molecule has 70 valence electrons. The number of rotatable bonds is 2. The van der Waals surface area contributed by atoms with E-state index in [4.69, 9.17) is 0 Å². The molecule has 2 aliphatic carbocycles. The lowest BCUT2D eigenvalue weighted by atomic mass is 9.84. The van der Waals surface area contributed by atoms with Crippen LogP contribution in [0.3, 0.4) is 0 Å². The SMILES string of the molecule is CC(C)[C@H]1CC1C1CCCCC1. The molecule has 0 aromatic heterocycles. The van der Waals surface area contributed by atoms with E-state index in [-0.39, 0.29) is 0 Å². The van der Waals surface area contributed by atoms with E-state index < -0.39 is 0 Å². The fourth-order valence-electron chi connectivity index (χ4n) is 3.11. The van der Waals surface area contributed by atoms with Gasteiger partial charge < -0.3 is 0 Å². The minimum Gasteiger partial charge on any atom is -0.0625 e. The highest BCUT2D eigenvalue weighted by atomic mass is 14.5. The van der Waals surface area contributed by atoms with Gasteiger partial charge in [-0.05, 0) is 30.1 Å². The third kappa shape index (κ3) is 1.67. The third-order valence-corrected chi connectivity index (χ3v) is 4.00.